The molecule has 154 valence electrons. The zero-order valence-electron chi connectivity index (χ0n) is 16.3. The molecular weight excluding hydrogens is 378 g/mol. The van der Waals surface area contributed by atoms with E-state index < -0.39 is 17.4 Å². The molecule has 0 fully saturated rings. The number of methoxy groups -OCH3 is 1. The number of hydrogen-bond acceptors (Lipinski definition) is 6. The van der Waals surface area contributed by atoms with Crippen molar-refractivity contribution in [1.29, 1.82) is 0 Å². The van der Waals surface area contributed by atoms with Gasteiger partial charge in [0, 0.05) is 12.6 Å². The Kier molecular flexibility index (Phi) is 7.96. The Labute approximate surface area is 168 Å². The average Bonchev–Trinajstić information content (AvgIpc) is 2.72. The van der Waals surface area contributed by atoms with Crippen molar-refractivity contribution in [1.82, 2.24) is 4.90 Å². The molecule has 0 heterocycles. The first-order chi connectivity index (χ1) is 14.0. The fraction of sp³-hybridized carbons (Fsp3) is 0.300. The van der Waals surface area contributed by atoms with E-state index in [2.05, 4.69) is 5.32 Å². The Morgan fingerprint density at radius 3 is 2.41 bits per heavy atom. The predicted octanol–water partition coefficient (Wildman–Crippen LogP) is 2.86. The van der Waals surface area contributed by atoms with Crippen LogP contribution in [0, 0.1) is 10.1 Å². The molecule has 0 atom stereocenters. The Morgan fingerprint density at radius 1 is 1.10 bits per heavy atom. The van der Waals surface area contributed by atoms with Gasteiger partial charge in [-0.3, -0.25) is 19.7 Å². The maximum Gasteiger partial charge on any atom is 0.310 e. The fourth-order valence-electron chi connectivity index (χ4n) is 2.63. The lowest BCUT2D eigenvalue weighted by Crippen LogP contribution is -2.41. The van der Waals surface area contributed by atoms with Crippen molar-refractivity contribution in [3.63, 3.8) is 0 Å². The van der Waals surface area contributed by atoms with Crippen molar-refractivity contribution in [2.24, 2.45) is 0 Å². The number of anilines is 1. The van der Waals surface area contributed by atoms with Gasteiger partial charge in [-0.15, -0.1) is 0 Å². The van der Waals surface area contributed by atoms with Gasteiger partial charge in [-0.2, -0.15) is 0 Å². The molecule has 0 spiro atoms. The summed E-state index contributed by atoms with van der Waals surface area (Å²) in [6.07, 6.45) is 0.638. The van der Waals surface area contributed by atoms with E-state index in [9.17, 15) is 19.7 Å². The van der Waals surface area contributed by atoms with E-state index in [1.54, 1.807) is 30.3 Å². The zero-order chi connectivity index (χ0) is 21.2. The summed E-state index contributed by atoms with van der Waals surface area (Å²) in [5.74, 6) is -0.322. The van der Waals surface area contributed by atoms with Crippen LogP contribution >= 0.6 is 0 Å². The normalized spacial score (nSPS) is 10.1. The molecule has 0 unspecified atom stereocenters. The van der Waals surface area contributed by atoms with Crippen LogP contribution < -0.4 is 14.8 Å². The quantitative estimate of drug-likeness (QED) is 0.484. The SMILES string of the molecule is CCCN(CC(=O)Nc1ccccc1OC)C(=O)COc1ccccc1[N+](=O)[O-]. The van der Waals surface area contributed by atoms with Crippen LogP contribution in [-0.2, 0) is 9.59 Å². The van der Waals surface area contributed by atoms with Gasteiger partial charge < -0.3 is 19.7 Å². The highest BCUT2D eigenvalue weighted by Crippen LogP contribution is 2.26. The number of hydrogen-bond donors (Lipinski definition) is 1. The Bertz CT molecular complexity index is 871. The molecular formula is C20H23N3O6. The summed E-state index contributed by atoms with van der Waals surface area (Å²) >= 11 is 0. The van der Waals surface area contributed by atoms with Crippen LogP contribution in [0.2, 0.25) is 0 Å². The maximum atomic E-state index is 12.5. The highest BCUT2D eigenvalue weighted by Gasteiger charge is 2.20. The molecule has 2 rings (SSSR count). The lowest BCUT2D eigenvalue weighted by atomic mass is 10.3. The third kappa shape index (κ3) is 6.20. The van der Waals surface area contributed by atoms with Gasteiger partial charge in [0.15, 0.2) is 12.4 Å². The van der Waals surface area contributed by atoms with Crippen molar-refractivity contribution in [2.75, 3.05) is 32.1 Å². The minimum atomic E-state index is -0.579. The van der Waals surface area contributed by atoms with Crippen LogP contribution in [0.15, 0.2) is 48.5 Å². The number of amides is 2. The second-order valence-electron chi connectivity index (χ2n) is 6.08. The van der Waals surface area contributed by atoms with Crippen molar-refractivity contribution in [2.45, 2.75) is 13.3 Å². The number of nitro groups is 1. The molecule has 0 aromatic heterocycles. The third-order valence-corrected chi connectivity index (χ3v) is 3.97. The van der Waals surface area contributed by atoms with E-state index in [1.165, 1.54) is 30.2 Å². The zero-order valence-corrected chi connectivity index (χ0v) is 16.3. The van der Waals surface area contributed by atoms with Crippen LogP contribution in [0.5, 0.6) is 11.5 Å². The van der Waals surface area contributed by atoms with Gasteiger partial charge in [-0.05, 0) is 24.6 Å². The summed E-state index contributed by atoms with van der Waals surface area (Å²) in [5.41, 5.74) is 0.274. The predicted molar refractivity (Wildman–Crippen MR) is 107 cm³/mol. The lowest BCUT2D eigenvalue weighted by Gasteiger charge is -2.22. The molecule has 0 bridgehead atoms. The number of benzene rings is 2. The highest BCUT2D eigenvalue weighted by atomic mass is 16.6. The number of nitrogens with one attached hydrogen (secondary N) is 1. The number of carbonyl (C=O) groups excluding carboxylic acids is 2. The van der Waals surface area contributed by atoms with Gasteiger partial charge in [0.05, 0.1) is 24.3 Å². The Balaban J connectivity index is 2.00. The molecule has 0 aliphatic carbocycles. The molecule has 2 aromatic carbocycles. The number of ether oxygens (including phenoxy) is 2. The molecule has 0 aliphatic heterocycles. The number of nitro benzene ring substituents is 1. The first-order valence-corrected chi connectivity index (χ1v) is 9.03. The average molecular weight is 401 g/mol. The van der Waals surface area contributed by atoms with E-state index in [1.807, 2.05) is 6.92 Å². The van der Waals surface area contributed by atoms with Crippen molar-refractivity contribution in [3.8, 4) is 11.5 Å². The second kappa shape index (κ2) is 10.6. The minimum Gasteiger partial charge on any atom is -0.495 e. The van der Waals surface area contributed by atoms with Crippen LogP contribution in [0.4, 0.5) is 11.4 Å². The first-order valence-electron chi connectivity index (χ1n) is 9.03. The molecule has 9 nitrogen and oxygen atoms in total. The van der Waals surface area contributed by atoms with E-state index in [0.29, 0.717) is 24.4 Å². The molecule has 1 N–H and O–H groups in total. The molecule has 0 saturated carbocycles. The topological polar surface area (TPSA) is 111 Å². The summed E-state index contributed by atoms with van der Waals surface area (Å²) < 4.78 is 10.5. The Morgan fingerprint density at radius 2 is 1.76 bits per heavy atom. The number of para-hydroxylation sites is 4. The van der Waals surface area contributed by atoms with Gasteiger partial charge in [0.1, 0.15) is 5.75 Å². The molecule has 29 heavy (non-hydrogen) atoms. The third-order valence-electron chi connectivity index (χ3n) is 3.97. The van der Waals surface area contributed by atoms with Crippen molar-refractivity contribution in [3.05, 3.63) is 58.6 Å². The molecule has 9 heteroatoms. The molecule has 0 radical (unpaired) electrons. The van der Waals surface area contributed by atoms with E-state index >= 15 is 0 Å². The number of carbonyl (C=O) groups is 2. The molecule has 0 aliphatic rings. The van der Waals surface area contributed by atoms with Gasteiger partial charge in [0.2, 0.25) is 5.91 Å². The monoisotopic (exact) mass is 401 g/mol. The van der Waals surface area contributed by atoms with Gasteiger partial charge in [-0.1, -0.05) is 31.2 Å². The maximum absolute atomic E-state index is 12.5. The van der Waals surface area contributed by atoms with Crippen LogP contribution in [0.1, 0.15) is 13.3 Å². The van der Waals surface area contributed by atoms with Crippen LogP contribution in [0.3, 0.4) is 0 Å². The van der Waals surface area contributed by atoms with Crippen molar-refractivity contribution < 1.29 is 24.0 Å². The molecule has 2 aromatic rings. The highest BCUT2D eigenvalue weighted by molar-refractivity contribution is 5.95. The number of nitrogens with zero attached hydrogens (tertiary/aromatic N) is 2. The standard InChI is InChI=1S/C20H23N3O6/c1-3-12-22(13-19(24)21-15-8-4-6-10-17(15)28-2)20(25)14-29-18-11-7-5-9-16(18)23(26)27/h4-11H,3,12-14H2,1-2H3,(H,21,24). The largest absolute Gasteiger partial charge is 0.495 e. The number of rotatable bonds is 10. The van der Waals surface area contributed by atoms with Gasteiger partial charge >= 0.3 is 5.69 Å². The van der Waals surface area contributed by atoms with E-state index in [0.717, 1.165) is 0 Å². The lowest BCUT2D eigenvalue weighted by molar-refractivity contribution is -0.385. The smallest absolute Gasteiger partial charge is 0.310 e. The van der Waals surface area contributed by atoms with Crippen LogP contribution in [0.25, 0.3) is 0 Å². The van der Waals surface area contributed by atoms with E-state index in [-0.39, 0.29) is 23.9 Å². The second-order valence-corrected chi connectivity index (χ2v) is 6.08. The van der Waals surface area contributed by atoms with Gasteiger partial charge in [0.25, 0.3) is 5.91 Å². The van der Waals surface area contributed by atoms with Crippen LogP contribution in [-0.4, -0.2) is 48.4 Å². The molecule has 0 saturated heterocycles. The summed E-state index contributed by atoms with van der Waals surface area (Å²) in [7, 11) is 1.50. The Hall–Kier alpha value is -3.62. The fourth-order valence-corrected chi connectivity index (χ4v) is 2.63. The summed E-state index contributed by atoms with van der Waals surface area (Å²) in [5, 5.41) is 13.8. The van der Waals surface area contributed by atoms with Gasteiger partial charge in [-0.25, -0.2) is 0 Å². The summed E-state index contributed by atoms with van der Waals surface area (Å²) in [6.45, 7) is 1.64. The van der Waals surface area contributed by atoms with E-state index in [4.69, 9.17) is 9.47 Å². The summed E-state index contributed by atoms with van der Waals surface area (Å²) in [4.78, 5) is 36.7. The summed E-state index contributed by atoms with van der Waals surface area (Å²) in [6, 6.07) is 12.8. The first kappa shape index (κ1) is 21.7. The van der Waals surface area contributed by atoms with Crippen molar-refractivity contribution >= 4 is 23.2 Å². The molecule has 2 amide bonds. The minimum absolute atomic E-state index is 0.000715.